The maximum atomic E-state index is 10.5. The molecule has 0 amide bonds. The minimum absolute atomic E-state index is 0. The van der Waals surface area contributed by atoms with Crippen LogP contribution in [0.25, 0.3) is 0 Å². The Kier molecular flexibility index (Phi) is 18.3. The zero-order chi connectivity index (χ0) is 15.3. The molecule has 0 heterocycles. The van der Waals surface area contributed by atoms with Crippen LogP contribution in [0.5, 0.6) is 0 Å². The second kappa shape index (κ2) is 19.1. The third kappa shape index (κ3) is 21.6. The number of hydrogen-bond acceptors (Lipinski definition) is 2. The van der Waals surface area contributed by atoms with Gasteiger partial charge in [0.15, 0.2) is 0 Å². The molecule has 0 N–H and O–H groups in total. The monoisotopic (exact) mass is 296 g/mol. The van der Waals surface area contributed by atoms with Gasteiger partial charge in [-0.1, -0.05) is 84.0 Å². The Morgan fingerprint density at radius 1 is 0.789 bits per heavy atom. The van der Waals surface area contributed by atoms with E-state index < -0.39 is 12.3 Å². The summed E-state index contributed by atoms with van der Waals surface area (Å²) in [5.41, 5.74) is 0. The summed E-state index contributed by atoms with van der Waals surface area (Å²) in [7, 11) is 0. The van der Waals surface area contributed by atoms with Crippen LogP contribution in [0.2, 0.25) is 0 Å². The molecule has 19 heavy (non-hydrogen) atoms. The molecule has 0 aliphatic carbocycles. The molecule has 108 valence electrons. The quantitative estimate of drug-likeness (QED) is 0.357. The van der Waals surface area contributed by atoms with E-state index in [4.69, 9.17) is 2.74 Å². The number of carboxylic acid groups (broad SMARTS) is 1. The Balaban J connectivity index is 0. The molecule has 0 rings (SSSR count). The van der Waals surface area contributed by atoms with Gasteiger partial charge in [-0.25, -0.2) is 0 Å². The number of rotatable bonds is 14. The number of carbonyl (C=O) groups excluding carboxylic acids is 1. The molecule has 3 heteroatoms. The first-order chi connectivity index (χ1) is 9.50. The van der Waals surface area contributed by atoms with E-state index in [-0.39, 0.29) is 57.8 Å². The van der Waals surface area contributed by atoms with Crippen molar-refractivity contribution in [3.8, 4) is 0 Å². The van der Waals surface area contributed by atoms with Crippen LogP contribution in [-0.4, -0.2) is 5.97 Å². The summed E-state index contributed by atoms with van der Waals surface area (Å²) in [5, 5.41) is 10.5. The summed E-state index contributed by atoms with van der Waals surface area (Å²) >= 11 is 0. The first-order valence-corrected chi connectivity index (χ1v) is 7.72. The van der Waals surface area contributed by atoms with Crippen LogP contribution in [0.15, 0.2) is 0 Å². The van der Waals surface area contributed by atoms with E-state index in [1.165, 1.54) is 57.8 Å². The summed E-state index contributed by atoms with van der Waals surface area (Å²) in [6, 6.07) is 0. The summed E-state index contributed by atoms with van der Waals surface area (Å²) in [6.45, 7) is 2.23. The van der Waals surface area contributed by atoms with Gasteiger partial charge in [0, 0.05) is 8.71 Å². The van der Waals surface area contributed by atoms with Crippen molar-refractivity contribution >= 4 is 5.97 Å². The van der Waals surface area contributed by atoms with Crippen molar-refractivity contribution in [3.05, 3.63) is 0 Å². The molecule has 0 aliphatic rings. The number of carboxylic acids is 1. The number of unbranched alkanes of at least 4 members (excludes halogenated alkanes) is 11. The molecule has 0 saturated carbocycles. The molecule has 0 radical (unpaired) electrons. The second-order valence-electron chi connectivity index (χ2n) is 5.10. The third-order valence-corrected chi connectivity index (χ3v) is 3.30. The third-order valence-electron chi connectivity index (χ3n) is 3.30. The Bertz CT molecular complexity index is 248. The molecule has 0 aromatic carbocycles. The zero-order valence-corrected chi connectivity index (χ0v) is 16.1. The Morgan fingerprint density at radius 3 is 1.42 bits per heavy atom. The number of aliphatic carboxylic acids is 1. The largest absolute Gasteiger partial charge is 1.00 e. The summed E-state index contributed by atoms with van der Waals surface area (Å²) in [5.74, 6) is -1.58. The van der Waals surface area contributed by atoms with Gasteiger partial charge in [-0.3, -0.25) is 0 Å². The predicted octanol–water partition coefficient (Wildman–Crippen LogP) is 1.22. The predicted molar refractivity (Wildman–Crippen MR) is 75.3 cm³/mol. The Morgan fingerprint density at radius 2 is 1.11 bits per heavy atom. The molecule has 2 nitrogen and oxygen atoms in total. The smallest absolute Gasteiger partial charge is 0.550 e. The Labute approximate surface area is 165 Å². The fraction of sp³-hybridized carbons (Fsp3) is 0.938. The molecule has 0 aromatic heterocycles. The minimum atomic E-state index is -2.15. The average Bonchev–Trinajstić information content (AvgIpc) is 2.39. The Hall–Kier alpha value is 1.11. The van der Waals surface area contributed by atoms with Gasteiger partial charge in [0.05, 0.1) is 0 Å². The molecular formula is C16H31KO2. The first kappa shape index (κ1) is 18.2. The van der Waals surface area contributed by atoms with Crippen LogP contribution in [-0.2, 0) is 4.79 Å². The van der Waals surface area contributed by atoms with Crippen LogP contribution < -0.4 is 56.5 Å². The summed E-state index contributed by atoms with van der Waals surface area (Å²) < 4.78 is 14.5. The van der Waals surface area contributed by atoms with E-state index in [0.29, 0.717) is 6.42 Å². The van der Waals surface area contributed by atoms with Gasteiger partial charge in [-0.05, 0) is 12.8 Å². The van der Waals surface area contributed by atoms with Gasteiger partial charge >= 0.3 is 51.4 Å². The van der Waals surface area contributed by atoms with E-state index in [9.17, 15) is 9.90 Å². The molecule has 0 spiro atoms. The van der Waals surface area contributed by atoms with E-state index in [1.807, 2.05) is 0 Å². The van der Waals surface area contributed by atoms with E-state index >= 15 is 0 Å². The fourth-order valence-corrected chi connectivity index (χ4v) is 2.16. The van der Waals surface area contributed by atoms with Crippen LogP contribution in [0.4, 0.5) is 0 Å². The molecule has 0 saturated heterocycles. The minimum Gasteiger partial charge on any atom is -0.550 e. The molecule has 0 fully saturated rings. The maximum absolute atomic E-state index is 10.5. The van der Waals surface area contributed by atoms with Gasteiger partial charge in [0.2, 0.25) is 0 Å². The summed E-state index contributed by atoms with van der Waals surface area (Å²) in [6.07, 6.45) is 12.4. The molecule has 0 unspecified atom stereocenters. The number of hydrogen-bond donors (Lipinski definition) is 0. The van der Waals surface area contributed by atoms with Crippen LogP contribution >= 0.6 is 0 Å². The van der Waals surface area contributed by atoms with Crippen molar-refractivity contribution in [2.45, 2.75) is 96.8 Å². The molecule has 0 aromatic rings. The molecule has 0 atom stereocenters. The first-order valence-electron chi connectivity index (χ1n) is 8.72. The van der Waals surface area contributed by atoms with Gasteiger partial charge in [-0.2, -0.15) is 0 Å². The average molecular weight is 297 g/mol. The van der Waals surface area contributed by atoms with Gasteiger partial charge in [-0.15, -0.1) is 0 Å². The van der Waals surface area contributed by atoms with E-state index in [2.05, 4.69) is 6.92 Å². The summed E-state index contributed by atoms with van der Waals surface area (Å²) in [4.78, 5) is 10.5. The van der Waals surface area contributed by atoms with Gasteiger partial charge in [0.1, 0.15) is 0 Å². The van der Waals surface area contributed by atoms with Crippen molar-refractivity contribution in [3.63, 3.8) is 0 Å². The van der Waals surface area contributed by atoms with Crippen molar-refractivity contribution in [2.24, 2.45) is 0 Å². The molecule has 0 bridgehead atoms. The second-order valence-corrected chi connectivity index (χ2v) is 5.10. The van der Waals surface area contributed by atoms with E-state index in [0.717, 1.165) is 12.8 Å². The van der Waals surface area contributed by atoms with Crippen molar-refractivity contribution in [1.82, 2.24) is 0 Å². The van der Waals surface area contributed by atoms with Crippen molar-refractivity contribution < 1.29 is 64.0 Å². The van der Waals surface area contributed by atoms with Crippen LogP contribution in [0.1, 0.15) is 99.5 Å². The van der Waals surface area contributed by atoms with Crippen LogP contribution in [0.3, 0.4) is 0 Å². The standard InChI is InChI=1S/C16H32O2.K/c1-2-3-4-5-6-7-8-9-10-11-12-13-14-15-16(17)18;/h2-15H2,1H3,(H,17,18);/q;+1/p-1/i15D2;. The van der Waals surface area contributed by atoms with Gasteiger partial charge in [0.25, 0.3) is 0 Å². The maximum Gasteiger partial charge on any atom is 1.00 e. The normalized spacial score (nSPS) is 12.5. The fourth-order valence-electron chi connectivity index (χ4n) is 2.16. The van der Waals surface area contributed by atoms with Crippen molar-refractivity contribution in [2.75, 3.05) is 0 Å². The van der Waals surface area contributed by atoms with Gasteiger partial charge < -0.3 is 9.90 Å². The SMILES string of the molecule is [2H]C([2H])(CCCCCCCCCCCCCC)C(=O)[O-].[K+]. The number of carbonyl (C=O) groups is 1. The van der Waals surface area contributed by atoms with Crippen LogP contribution in [0, 0.1) is 0 Å². The van der Waals surface area contributed by atoms with E-state index in [1.54, 1.807) is 0 Å². The molecular weight excluding hydrogens is 263 g/mol. The topological polar surface area (TPSA) is 40.1 Å². The zero-order valence-electron chi connectivity index (χ0n) is 15.0. The molecule has 0 aliphatic heterocycles. The van der Waals surface area contributed by atoms with Crippen molar-refractivity contribution in [1.29, 1.82) is 0 Å².